The number of rotatable bonds is 7. The summed E-state index contributed by atoms with van der Waals surface area (Å²) in [4.78, 5) is 19.6. The van der Waals surface area contributed by atoms with E-state index >= 15 is 0 Å². The second-order valence-corrected chi connectivity index (χ2v) is 5.97. The summed E-state index contributed by atoms with van der Waals surface area (Å²) in [5, 5.41) is 17.0. The molecule has 0 spiro atoms. The molecule has 0 saturated heterocycles. The van der Waals surface area contributed by atoms with E-state index < -0.39 is 4.92 Å². The predicted molar refractivity (Wildman–Crippen MR) is 84.1 cm³/mol. The summed E-state index contributed by atoms with van der Waals surface area (Å²) in [5.41, 5.74) is -0.153. The van der Waals surface area contributed by atoms with Crippen LogP contribution in [-0.4, -0.2) is 21.4 Å². The Morgan fingerprint density at radius 3 is 2.86 bits per heavy atom. The third-order valence-corrected chi connectivity index (χ3v) is 3.79. The minimum atomic E-state index is -0.507. The van der Waals surface area contributed by atoms with Crippen molar-refractivity contribution in [2.24, 2.45) is 0 Å². The number of hydrogen-bond acceptors (Lipinski definition) is 7. The van der Waals surface area contributed by atoms with Gasteiger partial charge in [-0.2, -0.15) is 4.98 Å². The SMILES string of the molecule is CCCNc1ncc([N+](=O)[O-])c(NCc2ccc(Cl)s2)n1. The Morgan fingerprint density at radius 2 is 2.24 bits per heavy atom. The Morgan fingerprint density at radius 1 is 1.43 bits per heavy atom. The molecule has 2 aromatic rings. The average molecular weight is 328 g/mol. The predicted octanol–water partition coefficient (Wildman–Crippen LogP) is 3.53. The summed E-state index contributed by atoms with van der Waals surface area (Å²) in [6, 6.07) is 3.65. The van der Waals surface area contributed by atoms with E-state index in [-0.39, 0.29) is 11.5 Å². The summed E-state index contributed by atoms with van der Waals surface area (Å²) >= 11 is 7.27. The fourth-order valence-corrected chi connectivity index (χ4v) is 2.61. The van der Waals surface area contributed by atoms with E-state index in [0.717, 1.165) is 11.3 Å². The minimum absolute atomic E-state index is 0.153. The van der Waals surface area contributed by atoms with E-state index in [1.165, 1.54) is 17.5 Å². The number of nitrogens with one attached hydrogen (secondary N) is 2. The van der Waals surface area contributed by atoms with Gasteiger partial charge in [-0.3, -0.25) is 10.1 Å². The van der Waals surface area contributed by atoms with Crippen LogP contribution in [0.25, 0.3) is 0 Å². The maximum absolute atomic E-state index is 11.0. The van der Waals surface area contributed by atoms with Crippen molar-refractivity contribution in [1.29, 1.82) is 0 Å². The third kappa shape index (κ3) is 4.27. The van der Waals surface area contributed by atoms with Gasteiger partial charge < -0.3 is 10.6 Å². The molecule has 2 N–H and O–H groups in total. The summed E-state index contributed by atoms with van der Waals surface area (Å²) in [7, 11) is 0. The monoisotopic (exact) mass is 327 g/mol. The Balaban J connectivity index is 2.15. The maximum Gasteiger partial charge on any atom is 0.329 e. The topological polar surface area (TPSA) is 93.0 Å². The zero-order chi connectivity index (χ0) is 15.2. The lowest BCUT2D eigenvalue weighted by molar-refractivity contribution is -0.384. The van der Waals surface area contributed by atoms with E-state index in [1.54, 1.807) is 6.07 Å². The van der Waals surface area contributed by atoms with Crippen molar-refractivity contribution in [3.05, 3.63) is 37.7 Å². The highest BCUT2D eigenvalue weighted by atomic mass is 35.5. The van der Waals surface area contributed by atoms with Gasteiger partial charge in [0.15, 0.2) is 0 Å². The van der Waals surface area contributed by atoms with Crippen LogP contribution in [0.3, 0.4) is 0 Å². The molecule has 2 aromatic heterocycles. The number of anilines is 2. The highest BCUT2D eigenvalue weighted by Crippen LogP contribution is 2.25. The van der Waals surface area contributed by atoms with Gasteiger partial charge in [-0.1, -0.05) is 18.5 Å². The van der Waals surface area contributed by atoms with Crippen LogP contribution in [0.1, 0.15) is 18.2 Å². The van der Waals surface area contributed by atoms with Gasteiger partial charge in [0, 0.05) is 11.4 Å². The van der Waals surface area contributed by atoms with Crippen LogP contribution in [0, 0.1) is 10.1 Å². The Bertz CT molecular complexity index is 634. The highest BCUT2D eigenvalue weighted by Gasteiger charge is 2.17. The van der Waals surface area contributed by atoms with Gasteiger partial charge in [-0.15, -0.1) is 11.3 Å². The lowest BCUT2D eigenvalue weighted by atomic mass is 10.4. The molecule has 7 nitrogen and oxygen atoms in total. The van der Waals surface area contributed by atoms with Gasteiger partial charge >= 0.3 is 5.69 Å². The molecule has 9 heteroatoms. The zero-order valence-electron chi connectivity index (χ0n) is 11.3. The van der Waals surface area contributed by atoms with Crippen molar-refractivity contribution in [1.82, 2.24) is 9.97 Å². The maximum atomic E-state index is 11.0. The van der Waals surface area contributed by atoms with Crippen molar-refractivity contribution < 1.29 is 4.92 Å². The summed E-state index contributed by atoms with van der Waals surface area (Å²) < 4.78 is 0.675. The van der Waals surface area contributed by atoms with Crippen LogP contribution in [-0.2, 0) is 6.54 Å². The fourth-order valence-electron chi connectivity index (χ4n) is 1.58. The number of nitro groups is 1. The molecule has 0 saturated carbocycles. The van der Waals surface area contributed by atoms with Crippen LogP contribution in [0.5, 0.6) is 0 Å². The van der Waals surface area contributed by atoms with E-state index in [4.69, 9.17) is 11.6 Å². The Labute approximate surface area is 130 Å². The molecule has 112 valence electrons. The number of nitrogens with zero attached hydrogens (tertiary/aromatic N) is 3. The number of aromatic nitrogens is 2. The second kappa shape index (κ2) is 7.19. The molecule has 0 bridgehead atoms. The highest BCUT2D eigenvalue weighted by molar-refractivity contribution is 7.16. The van der Waals surface area contributed by atoms with Crippen molar-refractivity contribution >= 4 is 40.4 Å². The van der Waals surface area contributed by atoms with E-state index in [2.05, 4.69) is 20.6 Å². The van der Waals surface area contributed by atoms with Crippen molar-refractivity contribution in [2.75, 3.05) is 17.2 Å². The van der Waals surface area contributed by atoms with Gasteiger partial charge in [-0.05, 0) is 18.6 Å². The quantitative estimate of drug-likeness (QED) is 0.597. The smallest absolute Gasteiger partial charge is 0.329 e. The van der Waals surface area contributed by atoms with Crippen LogP contribution in [0.15, 0.2) is 18.3 Å². The molecule has 2 heterocycles. The lowest BCUT2D eigenvalue weighted by Crippen LogP contribution is -2.09. The fraction of sp³-hybridized carbons (Fsp3) is 0.333. The standard InChI is InChI=1S/C12H14ClN5O2S/c1-2-5-14-12-16-7-9(18(19)20)11(17-12)15-6-8-3-4-10(13)21-8/h3-4,7H,2,5-6H2,1H3,(H2,14,15,16,17). The van der Waals surface area contributed by atoms with Crippen molar-refractivity contribution in [3.8, 4) is 0 Å². The van der Waals surface area contributed by atoms with Gasteiger partial charge in [-0.25, -0.2) is 4.98 Å². The van der Waals surface area contributed by atoms with E-state index in [0.29, 0.717) is 23.4 Å². The van der Waals surface area contributed by atoms with Crippen molar-refractivity contribution in [2.45, 2.75) is 19.9 Å². The molecule has 0 atom stereocenters. The molecule has 2 rings (SSSR count). The number of halogens is 1. The Hall–Kier alpha value is -1.93. The average Bonchev–Trinajstić information content (AvgIpc) is 2.88. The molecule has 0 aliphatic rings. The first-order chi connectivity index (χ1) is 10.1. The van der Waals surface area contributed by atoms with E-state index in [9.17, 15) is 10.1 Å². The van der Waals surface area contributed by atoms with E-state index in [1.807, 2.05) is 13.0 Å². The van der Waals surface area contributed by atoms with Gasteiger partial charge in [0.05, 0.1) is 15.8 Å². The molecule has 0 unspecified atom stereocenters. The first kappa shape index (κ1) is 15.5. The molecule has 0 aromatic carbocycles. The summed E-state index contributed by atoms with van der Waals surface area (Å²) in [6.07, 6.45) is 2.12. The molecule has 0 aliphatic carbocycles. The van der Waals surface area contributed by atoms with Gasteiger partial charge in [0.25, 0.3) is 0 Å². The molecule has 0 fully saturated rings. The second-order valence-electron chi connectivity index (χ2n) is 4.17. The molecule has 0 aliphatic heterocycles. The first-order valence-electron chi connectivity index (χ1n) is 6.33. The summed E-state index contributed by atoms with van der Waals surface area (Å²) in [6.45, 7) is 3.14. The normalized spacial score (nSPS) is 10.4. The largest absolute Gasteiger partial charge is 0.359 e. The minimum Gasteiger partial charge on any atom is -0.359 e. The van der Waals surface area contributed by atoms with Gasteiger partial charge in [0.2, 0.25) is 11.8 Å². The van der Waals surface area contributed by atoms with Crippen molar-refractivity contribution in [3.63, 3.8) is 0 Å². The zero-order valence-corrected chi connectivity index (χ0v) is 12.9. The van der Waals surface area contributed by atoms with Crippen LogP contribution >= 0.6 is 22.9 Å². The van der Waals surface area contributed by atoms with Crippen LogP contribution in [0.4, 0.5) is 17.5 Å². The number of thiophene rings is 1. The Kier molecular flexibility index (Phi) is 5.29. The number of hydrogen-bond donors (Lipinski definition) is 2. The van der Waals surface area contributed by atoms with Gasteiger partial charge in [0.1, 0.15) is 6.20 Å². The first-order valence-corrected chi connectivity index (χ1v) is 7.53. The molecule has 0 radical (unpaired) electrons. The summed E-state index contributed by atoms with van der Waals surface area (Å²) in [5.74, 6) is 0.562. The molecular weight excluding hydrogens is 314 g/mol. The van der Waals surface area contributed by atoms with Crippen LogP contribution < -0.4 is 10.6 Å². The lowest BCUT2D eigenvalue weighted by Gasteiger charge is -2.07. The molecule has 21 heavy (non-hydrogen) atoms. The third-order valence-electron chi connectivity index (χ3n) is 2.56. The van der Waals surface area contributed by atoms with Crippen LogP contribution in [0.2, 0.25) is 4.34 Å². The molecule has 0 amide bonds. The molecular formula is C12H14ClN5O2S.